The number of likely N-dealkylation sites (tertiary alicyclic amines) is 1. The Kier molecular flexibility index (Phi) is 4.89. The lowest BCUT2D eigenvalue weighted by Crippen LogP contribution is -2.29. The molecule has 1 aliphatic heterocycles. The Morgan fingerprint density at radius 3 is 2.57 bits per heavy atom. The van der Waals surface area contributed by atoms with Crippen molar-refractivity contribution < 1.29 is 14.1 Å². The molecule has 0 spiro atoms. The largest absolute Gasteiger partial charge is 0.343 e. The Balaban J connectivity index is 1.60. The number of nitrogens with one attached hydrogen (secondary N) is 1. The van der Waals surface area contributed by atoms with Crippen LogP contribution in [0.15, 0.2) is 65.5 Å². The average Bonchev–Trinajstić information content (AvgIpc) is 3.37. The summed E-state index contributed by atoms with van der Waals surface area (Å²) in [5.41, 5.74) is 2.28. The zero-order valence-electron chi connectivity index (χ0n) is 15.4. The highest BCUT2D eigenvalue weighted by Gasteiger charge is 2.39. The topological polar surface area (TPSA) is 88.3 Å². The summed E-state index contributed by atoms with van der Waals surface area (Å²) in [4.78, 5) is 30.5. The van der Waals surface area contributed by atoms with Crippen molar-refractivity contribution in [1.29, 1.82) is 0 Å². The lowest BCUT2D eigenvalue weighted by molar-refractivity contribution is -0.114. The Bertz CT molecular complexity index is 972. The van der Waals surface area contributed by atoms with Crippen molar-refractivity contribution in [3.05, 3.63) is 77.9 Å². The molecule has 2 atom stereocenters. The maximum Gasteiger partial charge on any atom is 0.253 e. The van der Waals surface area contributed by atoms with Crippen LogP contribution in [0.2, 0.25) is 0 Å². The van der Waals surface area contributed by atoms with Gasteiger partial charge in [-0.1, -0.05) is 41.6 Å². The second-order valence-electron chi connectivity index (χ2n) is 6.89. The van der Waals surface area contributed by atoms with E-state index in [4.69, 9.17) is 4.52 Å². The normalized spacial score (nSPS) is 18.8. The van der Waals surface area contributed by atoms with Crippen molar-refractivity contribution in [1.82, 2.24) is 15.0 Å². The first kappa shape index (κ1) is 17.9. The van der Waals surface area contributed by atoms with Crippen molar-refractivity contribution in [2.45, 2.75) is 18.8 Å². The molecule has 1 saturated heterocycles. The summed E-state index contributed by atoms with van der Waals surface area (Å²) in [6.45, 7) is 2.50. The molecule has 1 aromatic heterocycles. The molecule has 0 bridgehead atoms. The molecule has 0 saturated carbocycles. The summed E-state index contributed by atoms with van der Waals surface area (Å²) >= 11 is 0. The van der Waals surface area contributed by atoms with Crippen LogP contribution in [0.3, 0.4) is 0 Å². The van der Waals surface area contributed by atoms with E-state index < -0.39 is 0 Å². The van der Waals surface area contributed by atoms with Gasteiger partial charge in [0.2, 0.25) is 12.3 Å². The highest BCUT2D eigenvalue weighted by atomic mass is 16.5. The van der Waals surface area contributed by atoms with Gasteiger partial charge in [0, 0.05) is 43.1 Å². The van der Waals surface area contributed by atoms with Gasteiger partial charge in [-0.25, -0.2) is 0 Å². The highest BCUT2D eigenvalue weighted by molar-refractivity contribution is 5.97. The van der Waals surface area contributed by atoms with Gasteiger partial charge in [0.25, 0.3) is 5.91 Å². The quantitative estimate of drug-likeness (QED) is 0.756. The molecular weight excluding hydrogens is 356 g/mol. The van der Waals surface area contributed by atoms with E-state index in [0.717, 1.165) is 5.56 Å². The Labute approximate surface area is 162 Å². The van der Waals surface area contributed by atoms with E-state index in [2.05, 4.69) is 27.6 Å². The van der Waals surface area contributed by atoms with Gasteiger partial charge in [-0.05, 0) is 23.8 Å². The fourth-order valence-corrected chi connectivity index (χ4v) is 3.73. The van der Waals surface area contributed by atoms with E-state index in [1.165, 1.54) is 13.3 Å². The van der Waals surface area contributed by atoms with Gasteiger partial charge in [0.1, 0.15) is 0 Å². The molecule has 0 aliphatic carbocycles. The molecule has 4 rings (SSSR count). The molecule has 2 aromatic carbocycles. The van der Waals surface area contributed by atoms with Crippen LogP contribution in [0, 0.1) is 0 Å². The SMILES string of the molecule is CC(=O)Nc1cccc(C(=O)N2C[C@H](c3ccccc3)[C@H](c3ncon3)C2)c1. The van der Waals surface area contributed by atoms with Gasteiger partial charge in [-0.15, -0.1) is 0 Å². The van der Waals surface area contributed by atoms with E-state index in [9.17, 15) is 9.59 Å². The minimum absolute atomic E-state index is 0.0383. The van der Waals surface area contributed by atoms with Crippen molar-refractivity contribution in [3.63, 3.8) is 0 Å². The van der Waals surface area contributed by atoms with Crippen LogP contribution in [-0.2, 0) is 4.79 Å². The lowest BCUT2D eigenvalue weighted by atomic mass is 9.88. The fourth-order valence-electron chi connectivity index (χ4n) is 3.73. The monoisotopic (exact) mass is 376 g/mol. The van der Waals surface area contributed by atoms with Gasteiger partial charge in [0.15, 0.2) is 5.82 Å². The number of rotatable bonds is 4. The first-order chi connectivity index (χ1) is 13.6. The van der Waals surface area contributed by atoms with Crippen molar-refractivity contribution >= 4 is 17.5 Å². The molecular formula is C21H20N4O3. The number of amides is 2. The maximum atomic E-state index is 13.1. The smallest absolute Gasteiger partial charge is 0.253 e. The zero-order chi connectivity index (χ0) is 19.5. The number of aromatic nitrogens is 2. The third-order valence-corrected chi connectivity index (χ3v) is 4.97. The lowest BCUT2D eigenvalue weighted by Gasteiger charge is -2.17. The number of nitrogens with zero attached hydrogens (tertiary/aromatic N) is 3. The van der Waals surface area contributed by atoms with Crippen LogP contribution in [0.5, 0.6) is 0 Å². The van der Waals surface area contributed by atoms with Gasteiger partial charge in [0.05, 0.1) is 0 Å². The highest BCUT2D eigenvalue weighted by Crippen LogP contribution is 2.38. The van der Waals surface area contributed by atoms with E-state index in [0.29, 0.717) is 30.2 Å². The van der Waals surface area contributed by atoms with Crippen LogP contribution >= 0.6 is 0 Å². The van der Waals surface area contributed by atoms with Gasteiger partial charge in [-0.2, -0.15) is 4.98 Å². The van der Waals surface area contributed by atoms with Crippen molar-refractivity contribution in [2.24, 2.45) is 0 Å². The molecule has 1 aliphatic rings. The molecule has 7 nitrogen and oxygen atoms in total. The molecule has 1 N–H and O–H groups in total. The van der Waals surface area contributed by atoms with Gasteiger partial charge >= 0.3 is 0 Å². The van der Waals surface area contributed by atoms with E-state index in [1.807, 2.05) is 23.1 Å². The summed E-state index contributed by atoms with van der Waals surface area (Å²) in [5, 5.41) is 6.73. The molecule has 28 heavy (non-hydrogen) atoms. The number of benzene rings is 2. The van der Waals surface area contributed by atoms with E-state index in [1.54, 1.807) is 24.3 Å². The third kappa shape index (κ3) is 3.64. The summed E-state index contributed by atoms with van der Waals surface area (Å²) in [5.74, 6) is 0.396. The minimum atomic E-state index is -0.174. The number of anilines is 1. The summed E-state index contributed by atoms with van der Waals surface area (Å²) in [6, 6.07) is 17.0. The molecule has 0 radical (unpaired) electrons. The number of hydrogen-bond acceptors (Lipinski definition) is 5. The average molecular weight is 376 g/mol. The molecule has 0 unspecified atom stereocenters. The molecule has 142 valence electrons. The van der Waals surface area contributed by atoms with Crippen LogP contribution in [-0.4, -0.2) is 39.9 Å². The maximum absolute atomic E-state index is 13.1. The first-order valence-corrected chi connectivity index (χ1v) is 9.10. The molecule has 3 aromatic rings. The zero-order valence-corrected chi connectivity index (χ0v) is 15.4. The van der Waals surface area contributed by atoms with Crippen LogP contribution in [0.25, 0.3) is 0 Å². The summed E-state index contributed by atoms with van der Waals surface area (Å²) in [7, 11) is 0. The van der Waals surface area contributed by atoms with Crippen molar-refractivity contribution in [2.75, 3.05) is 18.4 Å². The number of carbonyl (C=O) groups is 2. The van der Waals surface area contributed by atoms with Crippen molar-refractivity contribution in [3.8, 4) is 0 Å². The second kappa shape index (κ2) is 7.64. The predicted molar refractivity (Wildman–Crippen MR) is 103 cm³/mol. The fraction of sp³-hybridized carbons (Fsp3) is 0.238. The summed E-state index contributed by atoms with van der Waals surface area (Å²) in [6.07, 6.45) is 1.32. The van der Waals surface area contributed by atoms with Gasteiger partial charge in [-0.3, -0.25) is 9.59 Å². The molecule has 2 amide bonds. The number of carbonyl (C=O) groups excluding carboxylic acids is 2. The Morgan fingerprint density at radius 1 is 1.07 bits per heavy atom. The van der Waals surface area contributed by atoms with E-state index >= 15 is 0 Å². The predicted octanol–water partition coefficient (Wildman–Crippen LogP) is 3.05. The van der Waals surface area contributed by atoms with Crippen LogP contribution in [0.1, 0.15) is 40.5 Å². The molecule has 2 heterocycles. The number of hydrogen-bond donors (Lipinski definition) is 1. The summed E-state index contributed by atoms with van der Waals surface area (Å²) < 4.78 is 4.94. The standard InChI is InChI=1S/C21H20N4O3/c1-14(26)23-17-9-5-8-16(10-17)21(27)25-11-18(15-6-3-2-4-7-15)19(12-25)20-22-13-28-24-20/h2-10,13,18-19H,11-12H2,1H3,(H,23,26)/t18-,19-/m1/s1. The third-order valence-electron chi connectivity index (χ3n) is 4.97. The molecule has 7 heteroatoms. The van der Waals surface area contributed by atoms with E-state index in [-0.39, 0.29) is 23.7 Å². The Hall–Kier alpha value is -3.48. The second-order valence-corrected chi connectivity index (χ2v) is 6.89. The first-order valence-electron chi connectivity index (χ1n) is 9.10. The molecule has 1 fully saturated rings. The Morgan fingerprint density at radius 2 is 1.86 bits per heavy atom. The van der Waals surface area contributed by atoms with Crippen LogP contribution < -0.4 is 5.32 Å². The van der Waals surface area contributed by atoms with Gasteiger partial charge < -0.3 is 14.7 Å². The minimum Gasteiger partial charge on any atom is -0.343 e. The van der Waals surface area contributed by atoms with Crippen LogP contribution in [0.4, 0.5) is 5.69 Å².